The minimum Gasteiger partial charge on any atom is -0.258 e. The fraction of sp³-hybridized carbons (Fsp3) is 0. The van der Waals surface area contributed by atoms with Gasteiger partial charge in [0.2, 0.25) is 0 Å². The first-order chi connectivity index (χ1) is 18.6. The molecule has 180 valence electrons. The lowest BCUT2D eigenvalue weighted by Crippen LogP contribution is -2.29. The maximum absolute atomic E-state index is 10.8. The summed E-state index contributed by atoms with van der Waals surface area (Å²) in [4.78, 5) is 10.4. The molecule has 0 amide bonds. The molecule has 0 unspecified atom stereocenters. The number of hydrogen-bond acceptors (Lipinski definition) is 2. The van der Waals surface area contributed by atoms with Gasteiger partial charge in [-0.15, -0.1) is 0 Å². The zero-order chi connectivity index (χ0) is 26.2. The number of hydrogen-bond donors (Lipinski definition) is 0. The van der Waals surface area contributed by atoms with Gasteiger partial charge in [-0.2, -0.15) is 0 Å². The Morgan fingerprint density at radius 3 is 1.18 bits per heavy atom. The Labute approximate surface area is 223 Å². The summed E-state index contributed by atoms with van der Waals surface area (Å²) in [6, 6.07) is 45.8. The van der Waals surface area contributed by atoms with Crippen molar-refractivity contribution >= 4 is 28.9 Å². The highest BCUT2D eigenvalue weighted by molar-refractivity contribution is 7.99. The number of non-ortho nitro benzene ring substituents is 1. The van der Waals surface area contributed by atoms with Crippen LogP contribution in [0, 0.1) is 33.5 Å². The molecular formula is C34H23NO2P+. The van der Waals surface area contributed by atoms with Gasteiger partial charge < -0.3 is 0 Å². The second-order valence-electron chi connectivity index (χ2n) is 8.55. The van der Waals surface area contributed by atoms with Gasteiger partial charge in [0.1, 0.15) is 15.9 Å². The SMILES string of the molecule is O=[N+]([O-])c1ccc(C#Cc2ccc(C#C[P+](c3ccccc3)(c3ccccc3)c3ccccc3)cc2)cc1. The van der Waals surface area contributed by atoms with Crippen LogP contribution in [0.15, 0.2) is 140 Å². The molecule has 0 aliphatic heterocycles. The molecule has 0 radical (unpaired) electrons. The molecule has 38 heavy (non-hydrogen) atoms. The number of nitrogens with zero attached hydrogens (tertiary/aromatic N) is 1. The molecule has 0 aliphatic carbocycles. The predicted octanol–water partition coefficient (Wildman–Crippen LogP) is 6.30. The topological polar surface area (TPSA) is 43.1 Å². The van der Waals surface area contributed by atoms with Gasteiger partial charge in [0, 0.05) is 28.8 Å². The Kier molecular flexibility index (Phi) is 7.42. The Hall–Kier alpha value is -4.95. The third-order valence-electron chi connectivity index (χ3n) is 6.11. The summed E-state index contributed by atoms with van der Waals surface area (Å²) in [7, 11) is -2.23. The zero-order valence-corrected chi connectivity index (χ0v) is 21.4. The van der Waals surface area contributed by atoms with Crippen molar-refractivity contribution < 1.29 is 4.92 Å². The number of rotatable bonds is 4. The third-order valence-corrected chi connectivity index (χ3v) is 9.78. The van der Waals surface area contributed by atoms with Crippen LogP contribution in [0.1, 0.15) is 16.7 Å². The van der Waals surface area contributed by atoms with E-state index >= 15 is 0 Å². The summed E-state index contributed by atoms with van der Waals surface area (Å²) in [6.45, 7) is 0. The van der Waals surface area contributed by atoms with Crippen LogP contribution in [-0.2, 0) is 0 Å². The molecule has 5 aromatic carbocycles. The molecule has 0 saturated carbocycles. The molecule has 5 aromatic rings. The molecule has 3 nitrogen and oxygen atoms in total. The van der Waals surface area contributed by atoms with E-state index in [9.17, 15) is 10.1 Å². The monoisotopic (exact) mass is 508 g/mol. The van der Waals surface area contributed by atoms with Crippen LogP contribution in [0.5, 0.6) is 0 Å². The Morgan fingerprint density at radius 1 is 0.474 bits per heavy atom. The molecule has 0 aromatic heterocycles. The van der Waals surface area contributed by atoms with E-state index in [4.69, 9.17) is 0 Å². The third kappa shape index (κ3) is 5.40. The van der Waals surface area contributed by atoms with E-state index in [1.54, 1.807) is 12.1 Å². The summed E-state index contributed by atoms with van der Waals surface area (Å²) in [6.07, 6.45) is 0. The molecule has 0 spiro atoms. The summed E-state index contributed by atoms with van der Waals surface area (Å²) in [5.74, 6) is 9.68. The van der Waals surface area contributed by atoms with E-state index in [2.05, 4.69) is 96.2 Å². The lowest BCUT2D eigenvalue weighted by molar-refractivity contribution is -0.384. The van der Waals surface area contributed by atoms with Gasteiger partial charge in [-0.1, -0.05) is 66.4 Å². The average molecular weight is 509 g/mol. The largest absolute Gasteiger partial charge is 0.269 e. The molecule has 4 heteroatoms. The predicted molar refractivity (Wildman–Crippen MR) is 158 cm³/mol. The van der Waals surface area contributed by atoms with E-state index in [-0.39, 0.29) is 5.69 Å². The quantitative estimate of drug-likeness (QED) is 0.124. The lowest BCUT2D eigenvalue weighted by atomic mass is 10.1. The molecule has 0 N–H and O–H groups in total. The van der Waals surface area contributed by atoms with Crippen molar-refractivity contribution in [2.75, 3.05) is 0 Å². The normalized spacial score (nSPS) is 10.4. The van der Waals surface area contributed by atoms with Crippen LogP contribution in [0.25, 0.3) is 0 Å². The van der Waals surface area contributed by atoms with E-state index < -0.39 is 12.2 Å². The molecule has 5 rings (SSSR count). The van der Waals surface area contributed by atoms with Crippen molar-refractivity contribution in [2.45, 2.75) is 0 Å². The van der Waals surface area contributed by atoms with Crippen molar-refractivity contribution in [3.05, 3.63) is 166 Å². The fourth-order valence-electron chi connectivity index (χ4n) is 4.19. The van der Waals surface area contributed by atoms with Crippen molar-refractivity contribution in [3.8, 4) is 23.4 Å². The maximum atomic E-state index is 10.8. The molecule has 0 heterocycles. The van der Waals surface area contributed by atoms with Crippen molar-refractivity contribution in [1.29, 1.82) is 0 Å². The summed E-state index contributed by atoms with van der Waals surface area (Å²) < 4.78 is 0. The van der Waals surface area contributed by atoms with Crippen LogP contribution < -0.4 is 15.9 Å². The fourth-order valence-corrected chi connectivity index (χ4v) is 7.63. The molecule has 0 fully saturated rings. The van der Waals surface area contributed by atoms with Gasteiger partial charge in [0.15, 0.2) is 7.26 Å². The lowest BCUT2D eigenvalue weighted by Gasteiger charge is -2.21. The Balaban J connectivity index is 1.52. The molecular weight excluding hydrogens is 485 g/mol. The maximum Gasteiger partial charge on any atom is 0.269 e. The van der Waals surface area contributed by atoms with Crippen molar-refractivity contribution in [1.82, 2.24) is 0 Å². The Morgan fingerprint density at radius 2 is 0.816 bits per heavy atom. The molecule has 0 saturated heterocycles. The summed E-state index contributed by atoms with van der Waals surface area (Å²) in [5.41, 5.74) is 6.31. The number of nitro groups is 1. The van der Waals surface area contributed by atoms with Crippen molar-refractivity contribution in [3.63, 3.8) is 0 Å². The Bertz CT molecular complexity index is 1560. The van der Waals surface area contributed by atoms with Crippen LogP contribution in [0.3, 0.4) is 0 Å². The molecule has 0 atom stereocenters. The van der Waals surface area contributed by atoms with E-state index in [0.717, 1.165) is 16.7 Å². The first-order valence-corrected chi connectivity index (χ1v) is 13.9. The van der Waals surface area contributed by atoms with Crippen LogP contribution in [0.2, 0.25) is 0 Å². The van der Waals surface area contributed by atoms with Crippen LogP contribution in [-0.4, -0.2) is 4.92 Å². The smallest absolute Gasteiger partial charge is 0.258 e. The zero-order valence-electron chi connectivity index (χ0n) is 20.5. The van der Waals surface area contributed by atoms with Crippen LogP contribution >= 0.6 is 7.26 Å². The standard InChI is InChI=1S/C34H23NO2P/c36-35(37)31-24-22-29(23-25-31)17-16-28-18-20-30(21-19-28)26-27-38(32-10-4-1-5-11-32,33-12-6-2-7-13-33)34-14-8-3-9-15-34/h1-15,18-25H/q+1. The minimum absolute atomic E-state index is 0.0545. The van der Waals surface area contributed by atoms with Gasteiger partial charge in [-0.25, -0.2) is 0 Å². The number of benzene rings is 5. The van der Waals surface area contributed by atoms with Gasteiger partial charge >= 0.3 is 0 Å². The van der Waals surface area contributed by atoms with E-state index in [1.807, 2.05) is 42.5 Å². The summed E-state index contributed by atoms with van der Waals surface area (Å²) in [5, 5.41) is 14.5. The highest BCUT2D eigenvalue weighted by Crippen LogP contribution is 2.54. The van der Waals surface area contributed by atoms with Gasteiger partial charge in [-0.05, 0) is 78.7 Å². The van der Waals surface area contributed by atoms with Gasteiger partial charge in [0.05, 0.1) is 10.6 Å². The van der Waals surface area contributed by atoms with E-state index in [0.29, 0.717) is 0 Å². The average Bonchev–Trinajstić information content (AvgIpc) is 2.99. The highest BCUT2D eigenvalue weighted by Gasteiger charge is 2.44. The van der Waals surface area contributed by atoms with Gasteiger partial charge in [-0.3, -0.25) is 10.1 Å². The second-order valence-corrected chi connectivity index (χ2v) is 11.7. The first-order valence-electron chi connectivity index (χ1n) is 12.1. The van der Waals surface area contributed by atoms with E-state index in [1.165, 1.54) is 28.0 Å². The molecule has 0 aliphatic rings. The van der Waals surface area contributed by atoms with Crippen molar-refractivity contribution in [2.24, 2.45) is 0 Å². The summed E-state index contributed by atoms with van der Waals surface area (Å²) >= 11 is 0. The minimum atomic E-state index is -2.23. The van der Waals surface area contributed by atoms with Gasteiger partial charge in [0.25, 0.3) is 5.69 Å². The molecule has 0 bridgehead atoms. The van der Waals surface area contributed by atoms with Crippen LogP contribution in [0.4, 0.5) is 5.69 Å². The number of nitro benzene ring substituents is 1. The second kappa shape index (κ2) is 11.4. The highest BCUT2D eigenvalue weighted by atomic mass is 31.2. The first kappa shape index (κ1) is 24.7.